The average molecular weight is 246 g/mol. The van der Waals surface area contributed by atoms with Crippen LogP contribution in [0, 0.1) is 5.92 Å². The molecular weight excluding hydrogens is 228 g/mol. The molecule has 0 amide bonds. The van der Waals surface area contributed by atoms with Gasteiger partial charge < -0.3 is 14.9 Å². The lowest BCUT2D eigenvalue weighted by atomic mass is 10.2. The average Bonchev–Trinajstić information content (AvgIpc) is 2.85. The van der Waals surface area contributed by atoms with Gasteiger partial charge in [-0.3, -0.25) is 0 Å². The van der Waals surface area contributed by atoms with E-state index in [4.69, 9.17) is 14.9 Å². The van der Waals surface area contributed by atoms with Crippen LogP contribution < -0.4 is 10.5 Å². The Morgan fingerprint density at radius 3 is 2.56 bits per heavy atom. The van der Waals surface area contributed by atoms with Crippen molar-refractivity contribution in [1.82, 2.24) is 4.98 Å². The van der Waals surface area contributed by atoms with E-state index < -0.39 is 0 Å². The second-order valence-corrected chi connectivity index (χ2v) is 4.55. The number of nitrogens with zero attached hydrogens (tertiary/aromatic N) is 1. The molecule has 0 bridgehead atoms. The summed E-state index contributed by atoms with van der Waals surface area (Å²) in [5.74, 6) is 2.66. The maximum atomic E-state index is 5.62. The Labute approximate surface area is 107 Å². The van der Waals surface area contributed by atoms with Crippen LogP contribution in [0.15, 0.2) is 34.9 Å². The third-order valence-corrected chi connectivity index (χ3v) is 2.45. The number of rotatable bonds is 5. The summed E-state index contributed by atoms with van der Waals surface area (Å²) in [4.78, 5) is 4.07. The van der Waals surface area contributed by atoms with E-state index in [2.05, 4.69) is 18.8 Å². The fourth-order valence-corrected chi connectivity index (χ4v) is 1.52. The number of hydrogen-bond donors (Lipinski definition) is 1. The van der Waals surface area contributed by atoms with Gasteiger partial charge in [-0.1, -0.05) is 13.8 Å². The molecule has 0 spiro atoms. The third-order valence-electron chi connectivity index (χ3n) is 2.45. The van der Waals surface area contributed by atoms with E-state index in [0.717, 1.165) is 23.7 Å². The van der Waals surface area contributed by atoms with Gasteiger partial charge in [-0.2, -0.15) is 0 Å². The van der Waals surface area contributed by atoms with Crippen LogP contribution in [0.1, 0.15) is 19.7 Å². The summed E-state index contributed by atoms with van der Waals surface area (Å²) in [6.45, 7) is 5.28. The van der Waals surface area contributed by atoms with Gasteiger partial charge in [0.25, 0.3) is 0 Å². The van der Waals surface area contributed by atoms with Crippen LogP contribution in [0.2, 0.25) is 0 Å². The second-order valence-electron chi connectivity index (χ2n) is 4.55. The summed E-state index contributed by atoms with van der Waals surface area (Å²) in [6.07, 6.45) is 1.69. The largest absolute Gasteiger partial charge is 0.493 e. The number of oxazole rings is 1. The van der Waals surface area contributed by atoms with E-state index >= 15 is 0 Å². The van der Waals surface area contributed by atoms with Crippen LogP contribution >= 0.6 is 0 Å². The quantitative estimate of drug-likeness (QED) is 0.881. The Morgan fingerprint density at radius 1 is 1.28 bits per heavy atom. The lowest BCUT2D eigenvalue weighted by Crippen LogP contribution is -2.04. The summed E-state index contributed by atoms with van der Waals surface area (Å²) in [5.41, 5.74) is 6.43. The van der Waals surface area contributed by atoms with Gasteiger partial charge in [0.05, 0.1) is 19.3 Å². The van der Waals surface area contributed by atoms with Crippen molar-refractivity contribution in [2.24, 2.45) is 11.7 Å². The van der Waals surface area contributed by atoms with Crippen LogP contribution in [0.25, 0.3) is 11.3 Å². The Kier molecular flexibility index (Phi) is 3.99. The summed E-state index contributed by atoms with van der Waals surface area (Å²) >= 11 is 0. The van der Waals surface area contributed by atoms with E-state index in [1.165, 1.54) is 0 Å². The molecule has 4 heteroatoms. The molecule has 1 aromatic carbocycles. The zero-order valence-electron chi connectivity index (χ0n) is 10.7. The fraction of sp³-hybridized carbons (Fsp3) is 0.357. The minimum Gasteiger partial charge on any atom is -0.493 e. The van der Waals surface area contributed by atoms with Crippen molar-refractivity contribution in [2.75, 3.05) is 6.61 Å². The van der Waals surface area contributed by atoms with Crippen LogP contribution in [0.4, 0.5) is 0 Å². The van der Waals surface area contributed by atoms with Crippen LogP contribution in [0.3, 0.4) is 0 Å². The number of aromatic nitrogens is 1. The van der Waals surface area contributed by atoms with Gasteiger partial charge in [0, 0.05) is 5.56 Å². The number of hydrogen-bond acceptors (Lipinski definition) is 4. The Hall–Kier alpha value is -1.81. The number of benzene rings is 1. The molecule has 4 nitrogen and oxygen atoms in total. The van der Waals surface area contributed by atoms with Crippen molar-refractivity contribution in [3.8, 4) is 17.1 Å². The smallest absolute Gasteiger partial charge is 0.208 e. The number of ether oxygens (including phenoxy) is 1. The first kappa shape index (κ1) is 12.6. The predicted octanol–water partition coefficient (Wildman–Crippen LogP) is 2.84. The second kappa shape index (κ2) is 5.69. The van der Waals surface area contributed by atoms with E-state index in [1.54, 1.807) is 6.20 Å². The monoisotopic (exact) mass is 246 g/mol. The molecule has 0 fully saturated rings. The zero-order chi connectivity index (χ0) is 13.0. The maximum absolute atomic E-state index is 5.62. The Morgan fingerprint density at radius 2 is 2.00 bits per heavy atom. The molecule has 0 aliphatic heterocycles. The minimum atomic E-state index is 0.315. The molecule has 96 valence electrons. The standard InChI is InChI=1S/C14H18N2O2/c1-10(2)9-17-12-5-3-11(4-6-12)13-8-16-14(7-15)18-13/h3-6,8,10H,7,9,15H2,1-2H3. The van der Waals surface area contributed by atoms with Gasteiger partial charge in [0.1, 0.15) is 5.75 Å². The van der Waals surface area contributed by atoms with Crippen molar-refractivity contribution < 1.29 is 9.15 Å². The van der Waals surface area contributed by atoms with Crippen LogP contribution in [-0.2, 0) is 6.54 Å². The highest BCUT2D eigenvalue weighted by Gasteiger charge is 2.05. The zero-order valence-corrected chi connectivity index (χ0v) is 10.7. The van der Waals surface area contributed by atoms with Crippen molar-refractivity contribution in [3.05, 3.63) is 36.4 Å². The van der Waals surface area contributed by atoms with Crippen LogP contribution in [-0.4, -0.2) is 11.6 Å². The molecular formula is C14H18N2O2. The van der Waals surface area contributed by atoms with Gasteiger partial charge in [-0.05, 0) is 30.2 Å². The highest BCUT2D eigenvalue weighted by molar-refractivity contribution is 5.57. The topological polar surface area (TPSA) is 61.3 Å². The highest BCUT2D eigenvalue weighted by atomic mass is 16.5. The molecule has 0 radical (unpaired) electrons. The Balaban J connectivity index is 2.07. The lowest BCUT2D eigenvalue weighted by Gasteiger charge is -2.08. The summed E-state index contributed by atoms with van der Waals surface area (Å²) in [6, 6.07) is 7.78. The van der Waals surface area contributed by atoms with Gasteiger partial charge in [-0.25, -0.2) is 4.98 Å². The first-order valence-electron chi connectivity index (χ1n) is 6.07. The first-order valence-corrected chi connectivity index (χ1v) is 6.07. The highest BCUT2D eigenvalue weighted by Crippen LogP contribution is 2.23. The maximum Gasteiger partial charge on any atom is 0.208 e. The summed E-state index contributed by atoms with van der Waals surface area (Å²) in [5, 5.41) is 0. The van der Waals surface area contributed by atoms with Gasteiger partial charge in [-0.15, -0.1) is 0 Å². The minimum absolute atomic E-state index is 0.315. The van der Waals surface area contributed by atoms with Gasteiger partial charge in [0.15, 0.2) is 5.76 Å². The van der Waals surface area contributed by atoms with Crippen molar-refractivity contribution >= 4 is 0 Å². The molecule has 2 rings (SSSR count). The molecule has 1 heterocycles. The van der Waals surface area contributed by atoms with Crippen molar-refractivity contribution in [3.63, 3.8) is 0 Å². The van der Waals surface area contributed by atoms with E-state index in [1.807, 2.05) is 24.3 Å². The van der Waals surface area contributed by atoms with Gasteiger partial charge in [0.2, 0.25) is 5.89 Å². The Bertz CT molecular complexity index is 489. The molecule has 1 aromatic heterocycles. The van der Waals surface area contributed by atoms with Crippen molar-refractivity contribution in [2.45, 2.75) is 20.4 Å². The molecule has 0 saturated heterocycles. The fourth-order valence-electron chi connectivity index (χ4n) is 1.52. The lowest BCUT2D eigenvalue weighted by molar-refractivity contribution is 0.271. The van der Waals surface area contributed by atoms with Gasteiger partial charge >= 0.3 is 0 Å². The first-order chi connectivity index (χ1) is 8.69. The molecule has 2 N–H and O–H groups in total. The normalized spacial score (nSPS) is 10.9. The summed E-state index contributed by atoms with van der Waals surface area (Å²) in [7, 11) is 0. The molecule has 0 unspecified atom stereocenters. The third kappa shape index (κ3) is 3.11. The SMILES string of the molecule is CC(C)COc1ccc(-c2cnc(CN)o2)cc1. The van der Waals surface area contributed by atoms with Crippen molar-refractivity contribution in [1.29, 1.82) is 0 Å². The number of nitrogens with two attached hydrogens (primary N) is 1. The van der Waals surface area contributed by atoms with E-state index in [9.17, 15) is 0 Å². The molecule has 0 aliphatic carbocycles. The van der Waals surface area contributed by atoms with E-state index in [0.29, 0.717) is 18.4 Å². The molecule has 2 aromatic rings. The predicted molar refractivity (Wildman–Crippen MR) is 70.2 cm³/mol. The molecule has 0 aliphatic rings. The molecule has 18 heavy (non-hydrogen) atoms. The summed E-state index contributed by atoms with van der Waals surface area (Å²) < 4.78 is 11.1. The van der Waals surface area contributed by atoms with E-state index in [-0.39, 0.29) is 0 Å². The molecule has 0 saturated carbocycles. The van der Waals surface area contributed by atoms with Crippen LogP contribution in [0.5, 0.6) is 5.75 Å². The molecule has 0 atom stereocenters.